The number of aromatic hydroxyl groups is 2. The minimum atomic E-state index is 0.168. The number of hydrogen-bond donors (Lipinski definition) is 2. The lowest BCUT2D eigenvalue weighted by molar-refractivity contribution is 0.0640. The highest BCUT2D eigenvalue weighted by Gasteiger charge is 2.07. The first-order chi connectivity index (χ1) is 29.1. The number of para-hydroxylation sites is 6. The summed E-state index contributed by atoms with van der Waals surface area (Å²) in [5.74, 6) is 5.95. The van der Waals surface area contributed by atoms with Crippen molar-refractivity contribution in [1.82, 2.24) is 0 Å². The largest absolute Gasteiger partial charge is 0.508 e. The number of ether oxygens (including phenoxy) is 10. The van der Waals surface area contributed by atoms with Gasteiger partial charge in [0.2, 0.25) is 6.79 Å². The van der Waals surface area contributed by atoms with Gasteiger partial charge in [0.1, 0.15) is 74.1 Å². The molecular formula is C47H50O12. The van der Waals surface area contributed by atoms with E-state index in [2.05, 4.69) is 0 Å². The Morgan fingerprint density at radius 1 is 0.339 bits per heavy atom. The first-order valence-electron chi connectivity index (χ1n) is 19.2. The summed E-state index contributed by atoms with van der Waals surface area (Å²) in [6.45, 7) is 4.60. The molecule has 0 saturated heterocycles. The number of benzene rings is 6. The molecule has 59 heavy (non-hydrogen) atoms. The molecule has 6 aromatic rings. The highest BCUT2D eigenvalue weighted by molar-refractivity contribution is 5.40. The Kier molecular flexibility index (Phi) is 19.3. The second kappa shape index (κ2) is 26.2. The first kappa shape index (κ1) is 43.4. The molecule has 1 heterocycles. The SMILES string of the molecule is Oc1cccc(OCCOc2cccc(O)c2)c1.c1ccc(OCOc2ccccc2)cc1.c1ccc2c(c1)OCCOCCOc1ccccc1OCCOCCO2. The van der Waals surface area contributed by atoms with E-state index in [4.69, 9.17) is 47.4 Å². The van der Waals surface area contributed by atoms with Gasteiger partial charge in [-0.25, -0.2) is 0 Å². The molecule has 0 atom stereocenters. The molecule has 0 spiro atoms. The summed E-state index contributed by atoms with van der Waals surface area (Å²) in [5, 5.41) is 18.5. The standard InChI is InChI=1S/C20H24O6.C14H14O4.C13H12O2/c1-2-6-18-17(5-1)23-13-9-21-11-15-25-19-7-3-4-8-20(19)26-16-12-22-10-14-24-18;15-11-3-1-5-13(9-11)17-7-8-18-14-6-2-4-12(16)10-14;1-3-7-12(8-4-1)14-11-15-13-9-5-2-6-10-13/h1-8H,9-16H2;1-6,9-10,15-16H,7-8H2;1-10H,11H2. The molecule has 2 N–H and O–H groups in total. The zero-order valence-corrected chi connectivity index (χ0v) is 32.8. The molecule has 0 aliphatic carbocycles. The monoisotopic (exact) mass is 806 g/mol. The zero-order chi connectivity index (χ0) is 41.0. The van der Waals surface area contributed by atoms with Gasteiger partial charge in [-0.2, -0.15) is 0 Å². The molecule has 7 rings (SSSR count). The van der Waals surface area contributed by atoms with Gasteiger partial charge in [0.05, 0.1) is 26.4 Å². The third-order valence-corrected chi connectivity index (χ3v) is 7.83. The van der Waals surface area contributed by atoms with E-state index in [-0.39, 0.29) is 18.3 Å². The normalized spacial score (nSPS) is 12.9. The van der Waals surface area contributed by atoms with Gasteiger partial charge in [-0.15, -0.1) is 0 Å². The molecule has 0 radical (unpaired) electrons. The Morgan fingerprint density at radius 3 is 1.00 bits per heavy atom. The highest BCUT2D eigenvalue weighted by atomic mass is 16.7. The minimum absolute atomic E-state index is 0.168. The number of rotatable bonds is 9. The van der Waals surface area contributed by atoms with Gasteiger partial charge in [0, 0.05) is 12.1 Å². The van der Waals surface area contributed by atoms with Crippen LogP contribution in [0.1, 0.15) is 0 Å². The lowest BCUT2D eigenvalue weighted by atomic mass is 10.3. The molecule has 6 aromatic carbocycles. The van der Waals surface area contributed by atoms with Crippen molar-refractivity contribution in [3.63, 3.8) is 0 Å². The summed E-state index contributed by atoms with van der Waals surface area (Å²) in [4.78, 5) is 0. The van der Waals surface area contributed by atoms with E-state index in [9.17, 15) is 10.2 Å². The van der Waals surface area contributed by atoms with Crippen LogP contribution in [0.3, 0.4) is 0 Å². The van der Waals surface area contributed by atoms with E-state index >= 15 is 0 Å². The number of phenols is 2. The second-order valence-electron chi connectivity index (χ2n) is 12.2. The molecule has 310 valence electrons. The van der Waals surface area contributed by atoms with Crippen molar-refractivity contribution in [2.45, 2.75) is 0 Å². The van der Waals surface area contributed by atoms with Gasteiger partial charge in [-0.1, -0.05) is 72.8 Å². The van der Waals surface area contributed by atoms with Crippen LogP contribution in [0.15, 0.2) is 158 Å². The van der Waals surface area contributed by atoms with E-state index in [1.165, 1.54) is 12.1 Å². The fourth-order valence-electron chi connectivity index (χ4n) is 5.09. The maximum absolute atomic E-state index is 9.24. The Balaban J connectivity index is 0.000000176. The minimum Gasteiger partial charge on any atom is -0.508 e. The van der Waals surface area contributed by atoms with Gasteiger partial charge in [-0.3, -0.25) is 0 Å². The van der Waals surface area contributed by atoms with Crippen LogP contribution >= 0.6 is 0 Å². The smallest absolute Gasteiger partial charge is 0.230 e. The summed E-state index contributed by atoms with van der Waals surface area (Å²) in [5.41, 5.74) is 0. The van der Waals surface area contributed by atoms with Crippen molar-refractivity contribution >= 4 is 0 Å². The predicted octanol–water partition coefficient (Wildman–Crippen LogP) is 8.61. The topological polar surface area (TPSA) is 133 Å². The first-order valence-corrected chi connectivity index (χ1v) is 19.2. The van der Waals surface area contributed by atoms with Crippen LogP contribution in [0.25, 0.3) is 0 Å². The molecule has 0 amide bonds. The molecule has 0 aromatic heterocycles. The molecule has 0 saturated carbocycles. The lowest BCUT2D eigenvalue weighted by Gasteiger charge is -2.15. The average Bonchev–Trinajstić information content (AvgIpc) is 3.26. The van der Waals surface area contributed by atoms with Gasteiger partial charge < -0.3 is 57.6 Å². The Hall–Kier alpha value is -6.76. The van der Waals surface area contributed by atoms with Gasteiger partial charge >= 0.3 is 0 Å². The summed E-state index contributed by atoms with van der Waals surface area (Å²) in [6.07, 6.45) is 0. The maximum Gasteiger partial charge on any atom is 0.230 e. The summed E-state index contributed by atoms with van der Waals surface area (Å²) in [7, 11) is 0. The molecule has 1 aliphatic rings. The molecule has 0 unspecified atom stereocenters. The van der Waals surface area contributed by atoms with E-state index in [1.807, 2.05) is 109 Å². The van der Waals surface area contributed by atoms with Crippen molar-refractivity contribution in [1.29, 1.82) is 0 Å². The van der Waals surface area contributed by atoms with E-state index < -0.39 is 0 Å². The summed E-state index contributed by atoms with van der Waals surface area (Å²) < 4.78 is 55.6. The van der Waals surface area contributed by atoms with Crippen LogP contribution in [-0.2, 0) is 9.47 Å². The molecule has 12 nitrogen and oxygen atoms in total. The van der Waals surface area contributed by atoms with Crippen LogP contribution in [0.2, 0.25) is 0 Å². The average molecular weight is 807 g/mol. The Bertz CT molecular complexity index is 1810. The molecule has 0 bridgehead atoms. The second-order valence-corrected chi connectivity index (χ2v) is 12.2. The van der Waals surface area contributed by atoms with Crippen molar-refractivity contribution in [2.75, 3.05) is 72.9 Å². The van der Waals surface area contributed by atoms with Crippen molar-refractivity contribution in [3.05, 3.63) is 158 Å². The van der Waals surface area contributed by atoms with E-state index in [0.29, 0.717) is 101 Å². The van der Waals surface area contributed by atoms with Crippen LogP contribution in [-0.4, -0.2) is 83.1 Å². The third kappa shape index (κ3) is 17.5. The van der Waals surface area contributed by atoms with Gasteiger partial charge in [0.15, 0.2) is 23.0 Å². The molecule has 0 fully saturated rings. The third-order valence-electron chi connectivity index (χ3n) is 7.83. The predicted molar refractivity (Wildman–Crippen MR) is 223 cm³/mol. The highest BCUT2D eigenvalue weighted by Crippen LogP contribution is 2.27. The lowest BCUT2D eigenvalue weighted by Crippen LogP contribution is -2.15. The Morgan fingerprint density at radius 2 is 0.661 bits per heavy atom. The quantitative estimate of drug-likeness (QED) is 0.107. The molecule has 12 heteroatoms. The van der Waals surface area contributed by atoms with Crippen molar-refractivity contribution in [2.24, 2.45) is 0 Å². The van der Waals surface area contributed by atoms with Crippen molar-refractivity contribution in [3.8, 4) is 57.5 Å². The van der Waals surface area contributed by atoms with Gasteiger partial charge in [-0.05, 0) is 72.8 Å². The number of phenolic OH excluding ortho intramolecular Hbond substituents is 2. The molecular weight excluding hydrogens is 757 g/mol. The van der Waals surface area contributed by atoms with E-state index in [1.54, 1.807) is 36.4 Å². The maximum atomic E-state index is 9.24. The number of hydrogen-bond acceptors (Lipinski definition) is 12. The number of fused-ring (bicyclic) bond motifs is 2. The Labute approximate surface area is 344 Å². The van der Waals surface area contributed by atoms with Crippen LogP contribution in [0.4, 0.5) is 0 Å². The van der Waals surface area contributed by atoms with Crippen molar-refractivity contribution < 1.29 is 57.6 Å². The molecule has 1 aliphatic heterocycles. The fourth-order valence-corrected chi connectivity index (χ4v) is 5.09. The van der Waals surface area contributed by atoms with Crippen LogP contribution in [0, 0.1) is 0 Å². The fraction of sp³-hybridized carbons (Fsp3) is 0.234. The van der Waals surface area contributed by atoms with Crippen LogP contribution in [0.5, 0.6) is 57.5 Å². The summed E-state index contributed by atoms with van der Waals surface area (Å²) in [6, 6.07) is 47.5. The van der Waals surface area contributed by atoms with Gasteiger partial charge in [0.25, 0.3) is 0 Å². The zero-order valence-electron chi connectivity index (χ0n) is 32.8. The van der Waals surface area contributed by atoms with Crippen LogP contribution < -0.4 is 37.9 Å². The van der Waals surface area contributed by atoms with E-state index in [0.717, 1.165) is 11.5 Å². The summed E-state index contributed by atoms with van der Waals surface area (Å²) >= 11 is 0.